The van der Waals surface area contributed by atoms with Crippen LogP contribution in [-0.4, -0.2) is 20.8 Å². The molecule has 3 rings (SSSR count). The van der Waals surface area contributed by atoms with Crippen molar-refractivity contribution in [3.63, 3.8) is 0 Å². The molecule has 22 heavy (non-hydrogen) atoms. The van der Waals surface area contributed by atoms with Crippen molar-refractivity contribution in [3.05, 3.63) is 47.5 Å². The number of nitrogens with zero attached hydrogens (tertiary/aromatic N) is 3. The fourth-order valence-electron chi connectivity index (χ4n) is 3.26. The Labute approximate surface area is 133 Å². The van der Waals surface area contributed by atoms with E-state index in [9.17, 15) is 0 Å². The van der Waals surface area contributed by atoms with Crippen molar-refractivity contribution in [3.8, 4) is 0 Å². The summed E-state index contributed by atoms with van der Waals surface area (Å²) in [5.74, 6) is 2.26. The van der Waals surface area contributed by atoms with Crippen LogP contribution in [0.1, 0.15) is 56.4 Å². The first-order chi connectivity index (χ1) is 10.7. The monoisotopic (exact) mass is 298 g/mol. The Kier molecular flexibility index (Phi) is 4.88. The van der Waals surface area contributed by atoms with Gasteiger partial charge in [-0.1, -0.05) is 30.3 Å². The molecule has 118 valence electrons. The van der Waals surface area contributed by atoms with E-state index in [1.807, 2.05) is 0 Å². The van der Waals surface area contributed by atoms with Crippen molar-refractivity contribution in [2.24, 2.45) is 0 Å². The maximum atomic E-state index is 4.42. The van der Waals surface area contributed by atoms with Gasteiger partial charge in [-0.15, -0.1) is 10.2 Å². The van der Waals surface area contributed by atoms with E-state index in [0.29, 0.717) is 6.04 Å². The molecule has 0 bridgehead atoms. The number of aromatic nitrogens is 3. The molecule has 1 aromatic carbocycles. The summed E-state index contributed by atoms with van der Waals surface area (Å²) in [6, 6.07) is 11.4. The van der Waals surface area contributed by atoms with Crippen molar-refractivity contribution in [2.45, 2.75) is 64.6 Å². The van der Waals surface area contributed by atoms with Crippen LogP contribution in [0.25, 0.3) is 0 Å². The molecular weight excluding hydrogens is 272 g/mol. The molecular formula is C18H26N4. The molecule has 1 N–H and O–H groups in total. The molecule has 1 aliphatic heterocycles. The van der Waals surface area contributed by atoms with Gasteiger partial charge in [0.05, 0.1) is 6.04 Å². The fourth-order valence-corrected chi connectivity index (χ4v) is 3.26. The maximum Gasteiger partial charge on any atom is 0.149 e. The second-order valence-corrected chi connectivity index (χ2v) is 6.40. The SMILES string of the molecule is CC(CCc1ccccc1)NC(C)c1nnc2n1CCCC2. The van der Waals surface area contributed by atoms with Crippen molar-refractivity contribution in [2.75, 3.05) is 0 Å². The largest absolute Gasteiger partial charge is 0.314 e. The third kappa shape index (κ3) is 3.55. The van der Waals surface area contributed by atoms with E-state index in [2.05, 4.69) is 64.3 Å². The van der Waals surface area contributed by atoms with Crippen LogP contribution in [0.5, 0.6) is 0 Å². The molecule has 2 unspecified atom stereocenters. The summed E-state index contributed by atoms with van der Waals surface area (Å²) in [5, 5.41) is 12.5. The molecule has 2 aromatic rings. The first-order valence-corrected chi connectivity index (χ1v) is 8.46. The number of nitrogens with one attached hydrogen (secondary N) is 1. The topological polar surface area (TPSA) is 42.7 Å². The molecule has 2 heterocycles. The molecule has 4 nitrogen and oxygen atoms in total. The minimum atomic E-state index is 0.255. The molecule has 1 aliphatic rings. The molecule has 0 fully saturated rings. The lowest BCUT2D eigenvalue weighted by Gasteiger charge is -2.22. The predicted octanol–water partition coefficient (Wildman–Crippen LogP) is 3.29. The summed E-state index contributed by atoms with van der Waals surface area (Å²) < 4.78 is 2.31. The van der Waals surface area contributed by atoms with Gasteiger partial charge in [0.25, 0.3) is 0 Å². The molecule has 2 atom stereocenters. The standard InChI is InChI=1S/C18H26N4/c1-14(11-12-16-8-4-3-5-9-16)19-15(2)18-21-20-17-10-6-7-13-22(17)18/h3-5,8-9,14-15,19H,6-7,10-13H2,1-2H3. The van der Waals surface area contributed by atoms with Crippen LogP contribution in [-0.2, 0) is 19.4 Å². The zero-order valence-corrected chi connectivity index (χ0v) is 13.6. The van der Waals surface area contributed by atoms with Crippen molar-refractivity contribution < 1.29 is 0 Å². The van der Waals surface area contributed by atoms with Gasteiger partial charge in [0.1, 0.15) is 11.6 Å². The van der Waals surface area contributed by atoms with E-state index in [1.165, 1.54) is 18.4 Å². The summed E-state index contributed by atoms with van der Waals surface area (Å²) in [6.07, 6.45) is 5.81. The van der Waals surface area contributed by atoms with E-state index in [0.717, 1.165) is 37.5 Å². The third-order valence-corrected chi connectivity index (χ3v) is 4.52. The van der Waals surface area contributed by atoms with Gasteiger partial charge in [-0.05, 0) is 45.1 Å². The minimum absolute atomic E-state index is 0.255. The quantitative estimate of drug-likeness (QED) is 0.890. The molecule has 0 radical (unpaired) electrons. The molecule has 0 amide bonds. The minimum Gasteiger partial charge on any atom is -0.314 e. The lowest BCUT2D eigenvalue weighted by atomic mass is 10.1. The fraction of sp³-hybridized carbons (Fsp3) is 0.556. The number of hydrogen-bond donors (Lipinski definition) is 1. The molecule has 1 aromatic heterocycles. The molecule has 4 heteroatoms. The summed E-state index contributed by atoms with van der Waals surface area (Å²) in [7, 11) is 0. The van der Waals surface area contributed by atoms with E-state index >= 15 is 0 Å². The van der Waals surface area contributed by atoms with Gasteiger partial charge in [0, 0.05) is 19.0 Å². The smallest absolute Gasteiger partial charge is 0.149 e. The first-order valence-electron chi connectivity index (χ1n) is 8.46. The highest BCUT2D eigenvalue weighted by Crippen LogP contribution is 2.19. The Morgan fingerprint density at radius 3 is 2.77 bits per heavy atom. The maximum absolute atomic E-state index is 4.42. The Bertz CT molecular complexity index is 590. The summed E-state index contributed by atoms with van der Waals surface area (Å²) in [5.41, 5.74) is 1.41. The molecule has 0 aliphatic carbocycles. The molecule has 0 saturated carbocycles. The van der Waals surface area contributed by atoms with Gasteiger partial charge in [-0.3, -0.25) is 0 Å². The molecule has 0 spiro atoms. The van der Waals surface area contributed by atoms with Gasteiger partial charge in [0.15, 0.2) is 0 Å². The van der Waals surface area contributed by atoms with Gasteiger partial charge >= 0.3 is 0 Å². The number of hydrogen-bond acceptors (Lipinski definition) is 3. The van der Waals surface area contributed by atoms with Gasteiger partial charge in [-0.25, -0.2) is 0 Å². The highest BCUT2D eigenvalue weighted by atomic mass is 15.3. The van der Waals surface area contributed by atoms with Crippen LogP contribution in [0, 0.1) is 0 Å². The van der Waals surface area contributed by atoms with Crippen LogP contribution in [0.15, 0.2) is 30.3 Å². The average molecular weight is 298 g/mol. The Hall–Kier alpha value is -1.68. The summed E-state index contributed by atoms with van der Waals surface area (Å²) >= 11 is 0. The normalized spacial score (nSPS) is 17.0. The van der Waals surface area contributed by atoms with E-state index in [4.69, 9.17) is 0 Å². The second-order valence-electron chi connectivity index (χ2n) is 6.40. The lowest BCUT2D eigenvalue weighted by molar-refractivity contribution is 0.417. The van der Waals surface area contributed by atoms with E-state index in [-0.39, 0.29) is 6.04 Å². The second kappa shape index (κ2) is 7.05. The number of fused-ring (bicyclic) bond motifs is 1. The number of rotatable bonds is 6. The summed E-state index contributed by atoms with van der Waals surface area (Å²) in [6.45, 7) is 5.53. The Balaban J connectivity index is 1.55. The van der Waals surface area contributed by atoms with E-state index in [1.54, 1.807) is 0 Å². The van der Waals surface area contributed by atoms with Crippen molar-refractivity contribution >= 4 is 0 Å². The lowest BCUT2D eigenvalue weighted by Crippen LogP contribution is -2.31. The van der Waals surface area contributed by atoms with Crippen LogP contribution >= 0.6 is 0 Å². The van der Waals surface area contributed by atoms with Crippen LogP contribution in [0.4, 0.5) is 0 Å². The van der Waals surface area contributed by atoms with E-state index < -0.39 is 0 Å². The molecule has 0 saturated heterocycles. The van der Waals surface area contributed by atoms with Crippen molar-refractivity contribution in [1.29, 1.82) is 0 Å². The first kappa shape index (κ1) is 15.2. The highest BCUT2D eigenvalue weighted by Gasteiger charge is 2.20. The highest BCUT2D eigenvalue weighted by molar-refractivity contribution is 5.14. The van der Waals surface area contributed by atoms with Gasteiger partial charge in [-0.2, -0.15) is 0 Å². The van der Waals surface area contributed by atoms with Gasteiger partial charge < -0.3 is 9.88 Å². The predicted molar refractivity (Wildman–Crippen MR) is 88.7 cm³/mol. The number of aryl methyl sites for hydroxylation is 2. The zero-order valence-electron chi connectivity index (χ0n) is 13.6. The van der Waals surface area contributed by atoms with Crippen LogP contribution < -0.4 is 5.32 Å². The third-order valence-electron chi connectivity index (χ3n) is 4.52. The zero-order chi connectivity index (χ0) is 15.4. The average Bonchev–Trinajstić information content (AvgIpc) is 2.98. The van der Waals surface area contributed by atoms with Crippen LogP contribution in [0.3, 0.4) is 0 Å². The Morgan fingerprint density at radius 2 is 1.95 bits per heavy atom. The van der Waals surface area contributed by atoms with Gasteiger partial charge in [0.2, 0.25) is 0 Å². The summed E-state index contributed by atoms with van der Waals surface area (Å²) in [4.78, 5) is 0. The Morgan fingerprint density at radius 1 is 1.14 bits per heavy atom. The van der Waals surface area contributed by atoms with Crippen molar-refractivity contribution in [1.82, 2.24) is 20.1 Å². The number of benzene rings is 1. The van der Waals surface area contributed by atoms with Crippen LogP contribution in [0.2, 0.25) is 0 Å².